The lowest BCUT2D eigenvalue weighted by molar-refractivity contribution is -0.143. The van der Waals surface area contributed by atoms with E-state index < -0.39 is 0 Å². The standard InChI is InChI=1S/C16H33NO5/c1-14(18)20-10-7-16(4,5)22-13-12-19-9-6-15(2,3)21-11-8-17/h6-13,17H2,1-5H3. The summed E-state index contributed by atoms with van der Waals surface area (Å²) in [7, 11) is 0. The molecule has 0 rings (SSSR count). The van der Waals surface area contributed by atoms with Gasteiger partial charge in [-0.2, -0.15) is 0 Å². The van der Waals surface area contributed by atoms with Gasteiger partial charge in [-0.05, 0) is 34.1 Å². The zero-order valence-electron chi connectivity index (χ0n) is 14.8. The normalized spacial score (nSPS) is 12.5. The van der Waals surface area contributed by atoms with Crippen molar-refractivity contribution in [2.24, 2.45) is 5.73 Å². The van der Waals surface area contributed by atoms with E-state index in [-0.39, 0.29) is 17.2 Å². The van der Waals surface area contributed by atoms with Crippen LogP contribution in [0, 0.1) is 0 Å². The second kappa shape index (κ2) is 10.9. The zero-order valence-corrected chi connectivity index (χ0v) is 14.8. The number of carbonyl (C=O) groups excluding carboxylic acids is 1. The average Bonchev–Trinajstić information content (AvgIpc) is 2.39. The van der Waals surface area contributed by atoms with Gasteiger partial charge in [0.15, 0.2) is 0 Å². The smallest absolute Gasteiger partial charge is 0.302 e. The minimum atomic E-state index is -0.331. The number of hydrogen-bond acceptors (Lipinski definition) is 6. The molecule has 0 heterocycles. The van der Waals surface area contributed by atoms with Crippen LogP contribution < -0.4 is 5.73 Å². The summed E-state index contributed by atoms with van der Waals surface area (Å²) in [5.41, 5.74) is 4.87. The van der Waals surface area contributed by atoms with Crippen LogP contribution in [0.2, 0.25) is 0 Å². The van der Waals surface area contributed by atoms with E-state index in [1.54, 1.807) is 0 Å². The van der Waals surface area contributed by atoms with Crippen molar-refractivity contribution in [3.8, 4) is 0 Å². The lowest BCUT2D eigenvalue weighted by atomic mass is 10.1. The lowest BCUT2D eigenvalue weighted by Crippen LogP contribution is -2.30. The Balaban J connectivity index is 3.64. The molecule has 6 nitrogen and oxygen atoms in total. The van der Waals surface area contributed by atoms with Gasteiger partial charge in [0.05, 0.1) is 37.6 Å². The van der Waals surface area contributed by atoms with Crippen LogP contribution in [0.15, 0.2) is 0 Å². The first-order valence-corrected chi connectivity index (χ1v) is 7.88. The van der Waals surface area contributed by atoms with Gasteiger partial charge in [0.2, 0.25) is 0 Å². The van der Waals surface area contributed by atoms with E-state index in [0.717, 1.165) is 6.42 Å². The molecule has 0 bridgehead atoms. The highest BCUT2D eigenvalue weighted by Gasteiger charge is 2.19. The third-order valence-corrected chi connectivity index (χ3v) is 3.19. The highest BCUT2D eigenvalue weighted by Crippen LogP contribution is 2.15. The summed E-state index contributed by atoms with van der Waals surface area (Å²) < 4.78 is 21.9. The first-order valence-electron chi connectivity index (χ1n) is 7.88. The molecule has 0 spiro atoms. The van der Waals surface area contributed by atoms with Gasteiger partial charge in [-0.3, -0.25) is 4.79 Å². The largest absolute Gasteiger partial charge is 0.466 e. The number of esters is 1. The minimum Gasteiger partial charge on any atom is -0.466 e. The van der Waals surface area contributed by atoms with Gasteiger partial charge >= 0.3 is 5.97 Å². The Morgan fingerprint density at radius 3 is 1.95 bits per heavy atom. The van der Waals surface area contributed by atoms with Crippen LogP contribution in [0.4, 0.5) is 0 Å². The summed E-state index contributed by atoms with van der Waals surface area (Å²) in [6.07, 6.45) is 1.47. The molecule has 0 aliphatic heterocycles. The summed E-state index contributed by atoms with van der Waals surface area (Å²) in [6.45, 7) is 12.5. The second-order valence-electron chi connectivity index (χ2n) is 6.46. The fourth-order valence-electron chi connectivity index (χ4n) is 1.72. The Labute approximate surface area is 134 Å². The molecule has 0 aromatic rings. The van der Waals surface area contributed by atoms with Crippen molar-refractivity contribution in [2.75, 3.05) is 39.6 Å². The molecular weight excluding hydrogens is 286 g/mol. The van der Waals surface area contributed by atoms with Crippen molar-refractivity contribution in [1.82, 2.24) is 0 Å². The summed E-state index contributed by atoms with van der Waals surface area (Å²) in [5, 5.41) is 0. The third kappa shape index (κ3) is 13.0. The number of nitrogens with two attached hydrogens (primary N) is 1. The molecule has 2 N–H and O–H groups in total. The molecular formula is C16H33NO5. The molecule has 0 unspecified atom stereocenters. The SMILES string of the molecule is CC(=O)OCCC(C)(C)OCCOCCC(C)(C)OCCN. The van der Waals surface area contributed by atoms with E-state index in [4.69, 9.17) is 24.7 Å². The molecule has 132 valence electrons. The topological polar surface area (TPSA) is 80.0 Å². The zero-order chi connectivity index (χ0) is 17.1. The minimum absolute atomic E-state index is 0.219. The maximum Gasteiger partial charge on any atom is 0.302 e. The van der Waals surface area contributed by atoms with E-state index in [1.165, 1.54) is 6.92 Å². The van der Waals surface area contributed by atoms with Crippen LogP contribution in [-0.2, 0) is 23.7 Å². The van der Waals surface area contributed by atoms with Crippen LogP contribution in [0.3, 0.4) is 0 Å². The van der Waals surface area contributed by atoms with Crippen molar-refractivity contribution in [3.05, 3.63) is 0 Å². The molecule has 0 atom stereocenters. The molecule has 0 saturated carbocycles. The van der Waals surface area contributed by atoms with Crippen LogP contribution >= 0.6 is 0 Å². The quantitative estimate of drug-likeness (QED) is 0.412. The number of rotatable bonds is 13. The summed E-state index contributed by atoms with van der Waals surface area (Å²) >= 11 is 0. The predicted molar refractivity (Wildman–Crippen MR) is 85.8 cm³/mol. The van der Waals surface area contributed by atoms with Crippen molar-refractivity contribution >= 4 is 5.97 Å². The Bertz CT molecular complexity index is 305. The van der Waals surface area contributed by atoms with E-state index in [2.05, 4.69) is 0 Å². The summed E-state index contributed by atoms with van der Waals surface area (Å²) in [6, 6.07) is 0. The van der Waals surface area contributed by atoms with E-state index >= 15 is 0 Å². The number of hydrogen-bond donors (Lipinski definition) is 1. The molecule has 0 aromatic carbocycles. The highest BCUT2D eigenvalue weighted by molar-refractivity contribution is 5.65. The first-order chi connectivity index (χ1) is 10.2. The van der Waals surface area contributed by atoms with Gasteiger partial charge in [0.1, 0.15) is 0 Å². The molecule has 0 fully saturated rings. The average molecular weight is 319 g/mol. The highest BCUT2D eigenvalue weighted by atomic mass is 16.5. The fraction of sp³-hybridized carbons (Fsp3) is 0.938. The van der Waals surface area contributed by atoms with E-state index in [0.29, 0.717) is 46.0 Å². The van der Waals surface area contributed by atoms with Gasteiger partial charge in [-0.1, -0.05) is 0 Å². The van der Waals surface area contributed by atoms with Crippen LogP contribution in [0.25, 0.3) is 0 Å². The molecule has 0 saturated heterocycles. The molecule has 0 radical (unpaired) electrons. The maximum atomic E-state index is 10.7. The van der Waals surface area contributed by atoms with Crippen molar-refractivity contribution in [1.29, 1.82) is 0 Å². The molecule has 6 heteroatoms. The van der Waals surface area contributed by atoms with Crippen LogP contribution in [0.1, 0.15) is 47.5 Å². The monoisotopic (exact) mass is 319 g/mol. The molecule has 0 aromatic heterocycles. The fourth-order valence-corrected chi connectivity index (χ4v) is 1.72. The second-order valence-corrected chi connectivity index (χ2v) is 6.46. The lowest BCUT2D eigenvalue weighted by Gasteiger charge is -2.26. The van der Waals surface area contributed by atoms with Gasteiger partial charge in [-0.25, -0.2) is 0 Å². The molecule has 22 heavy (non-hydrogen) atoms. The molecule has 0 aliphatic rings. The Morgan fingerprint density at radius 1 is 0.864 bits per heavy atom. The Kier molecular flexibility index (Phi) is 10.6. The van der Waals surface area contributed by atoms with Crippen molar-refractivity contribution < 1.29 is 23.7 Å². The van der Waals surface area contributed by atoms with Gasteiger partial charge in [0, 0.05) is 26.5 Å². The summed E-state index contributed by atoms with van der Waals surface area (Å²) in [4.78, 5) is 10.7. The number of carbonyl (C=O) groups is 1. The van der Waals surface area contributed by atoms with Gasteiger partial charge in [0.25, 0.3) is 0 Å². The molecule has 0 amide bonds. The molecule has 0 aliphatic carbocycles. The first kappa shape index (κ1) is 21.3. The van der Waals surface area contributed by atoms with E-state index in [9.17, 15) is 4.79 Å². The van der Waals surface area contributed by atoms with Gasteiger partial charge in [-0.15, -0.1) is 0 Å². The van der Waals surface area contributed by atoms with Gasteiger partial charge < -0.3 is 24.7 Å². The van der Waals surface area contributed by atoms with Crippen molar-refractivity contribution in [2.45, 2.75) is 58.7 Å². The Hall–Kier alpha value is -0.690. The Morgan fingerprint density at radius 2 is 1.41 bits per heavy atom. The predicted octanol–water partition coefficient (Wildman–Crippen LogP) is 1.90. The van der Waals surface area contributed by atoms with Crippen LogP contribution in [-0.4, -0.2) is 56.8 Å². The van der Waals surface area contributed by atoms with E-state index in [1.807, 2.05) is 27.7 Å². The van der Waals surface area contributed by atoms with Crippen LogP contribution in [0.5, 0.6) is 0 Å². The summed E-state index contributed by atoms with van der Waals surface area (Å²) in [5.74, 6) is -0.265. The number of ether oxygens (including phenoxy) is 4. The third-order valence-electron chi connectivity index (χ3n) is 3.19. The maximum absolute atomic E-state index is 10.7. The van der Waals surface area contributed by atoms with Crippen molar-refractivity contribution in [3.63, 3.8) is 0 Å².